The average molecular weight is 400 g/mol. The SMILES string of the molecule is CS(=O)(=O)Nc1cc(C(O)CBr)ccc1OCc1ccccc1. The van der Waals surface area contributed by atoms with E-state index >= 15 is 0 Å². The van der Waals surface area contributed by atoms with E-state index in [1.807, 2.05) is 30.3 Å². The number of ether oxygens (including phenoxy) is 1. The van der Waals surface area contributed by atoms with Crippen LogP contribution in [0.15, 0.2) is 48.5 Å². The lowest BCUT2D eigenvalue weighted by Gasteiger charge is -2.15. The predicted octanol–water partition coefficient (Wildman–Crippen LogP) is 3.07. The van der Waals surface area contributed by atoms with Crippen LogP contribution in [0.2, 0.25) is 0 Å². The van der Waals surface area contributed by atoms with E-state index < -0.39 is 16.1 Å². The van der Waals surface area contributed by atoms with Crippen molar-refractivity contribution in [1.29, 1.82) is 0 Å². The molecule has 5 nitrogen and oxygen atoms in total. The summed E-state index contributed by atoms with van der Waals surface area (Å²) in [6, 6.07) is 14.5. The van der Waals surface area contributed by atoms with Crippen molar-refractivity contribution in [2.24, 2.45) is 0 Å². The molecule has 0 heterocycles. The molecule has 0 saturated carbocycles. The smallest absolute Gasteiger partial charge is 0.229 e. The number of nitrogens with one attached hydrogen (secondary N) is 1. The lowest BCUT2D eigenvalue weighted by atomic mass is 10.1. The molecule has 2 rings (SSSR count). The molecule has 0 spiro atoms. The molecule has 2 aromatic carbocycles. The Hall–Kier alpha value is -1.57. The van der Waals surface area contributed by atoms with Gasteiger partial charge in [-0.3, -0.25) is 4.72 Å². The molecule has 0 aliphatic heterocycles. The van der Waals surface area contributed by atoms with E-state index in [-0.39, 0.29) is 0 Å². The first-order chi connectivity index (χ1) is 10.9. The highest BCUT2D eigenvalue weighted by atomic mass is 79.9. The van der Waals surface area contributed by atoms with Crippen LogP contribution in [-0.2, 0) is 16.6 Å². The van der Waals surface area contributed by atoms with Gasteiger partial charge >= 0.3 is 0 Å². The minimum atomic E-state index is -3.46. The second kappa shape index (κ2) is 7.81. The molecule has 0 aliphatic rings. The van der Waals surface area contributed by atoms with Crippen LogP contribution < -0.4 is 9.46 Å². The van der Waals surface area contributed by atoms with E-state index in [1.54, 1.807) is 18.2 Å². The van der Waals surface area contributed by atoms with Crippen LogP contribution >= 0.6 is 15.9 Å². The minimum absolute atomic E-state index is 0.306. The fourth-order valence-corrected chi connectivity index (χ4v) is 2.92. The maximum atomic E-state index is 11.5. The Kier molecular flexibility index (Phi) is 6.04. The number of alkyl halides is 1. The summed E-state index contributed by atoms with van der Waals surface area (Å²) in [5.41, 5.74) is 1.88. The fourth-order valence-electron chi connectivity index (χ4n) is 1.98. The van der Waals surface area contributed by atoms with Gasteiger partial charge in [0.2, 0.25) is 10.0 Å². The van der Waals surface area contributed by atoms with Gasteiger partial charge in [0.1, 0.15) is 12.4 Å². The van der Waals surface area contributed by atoms with E-state index in [1.165, 1.54) is 0 Å². The average Bonchev–Trinajstić information content (AvgIpc) is 2.52. The summed E-state index contributed by atoms with van der Waals surface area (Å²) in [6.07, 6.45) is 0.347. The topological polar surface area (TPSA) is 75.6 Å². The second-order valence-electron chi connectivity index (χ2n) is 5.07. The van der Waals surface area contributed by atoms with Gasteiger partial charge in [-0.2, -0.15) is 0 Å². The van der Waals surface area contributed by atoms with E-state index in [0.717, 1.165) is 11.8 Å². The summed E-state index contributed by atoms with van der Waals surface area (Å²) < 4.78 is 31.2. The summed E-state index contributed by atoms with van der Waals surface area (Å²) in [5.74, 6) is 0.407. The van der Waals surface area contributed by atoms with Gasteiger partial charge in [-0.15, -0.1) is 0 Å². The third kappa shape index (κ3) is 5.53. The number of aliphatic hydroxyl groups excluding tert-OH is 1. The molecule has 1 atom stereocenters. The summed E-state index contributed by atoms with van der Waals surface area (Å²) in [4.78, 5) is 0. The maximum Gasteiger partial charge on any atom is 0.229 e. The molecule has 2 aromatic rings. The number of rotatable bonds is 7. The van der Waals surface area contributed by atoms with Gasteiger partial charge in [-0.25, -0.2) is 8.42 Å². The molecule has 0 aliphatic carbocycles. The molecule has 0 fully saturated rings. The minimum Gasteiger partial charge on any atom is -0.487 e. The molecule has 1 unspecified atom stereocenters. The van der Waals surface area contributed by atoms with Gasteiger partial charge in [0.15, 0.2) is 0 Å². The number of hydrogen-bond donors (Lipinski definition) is 2. The Morgan fingerprint density at radius 3 is 2.52 bits per heavy atom. The largest absolute Gasteiger partial charge is 0.487 e. The van der Waals surface area contributed by atoms with E-state index in [2.05, 4.69) is 20.7 Å². The quantitative estimate of drug-likeness (QED) is 0.701. The van der Waals surface area contributed by atoms with Gasteiger partial charge in [0.25, 0.3) is 0 Å². The molecule has 2 N–H and O–H groups in total. The van der Waals surface area contributed by atoms with Gasteiger partial charge in [-0.1, -0.05) is 52.3 Å². The molecule has 124 valence electrons. The Balaban J connectivity index is 2.26. The molecule has 0 radical (unpaired) electrons. The summed E-state index contributed by atoms with van der Waals surface area (Å²) in [6.45, 7) is 0.319. The number of benzene rings is 2. The summed E-state index contributed by atoms with van der Waals surface area (Å²) in [5, 5.41) is 10.2. The van der Waals surface area contributed by atoms with Crippen LogP contribution in [0.4, 0.5) is 5.69 Å². The van der Waals surface area contributed by atoms with Gasteiger partial charge < -0.3 is 9.84 Å². The Morgan fingerprint density at radius 1 is 1.22 bits per heavy atom. The summed E-state index contributed by atoms with van der Waals surface area (Å²) >= 11 is 3.20. The molecule has 0 amide bonds. The zero-order valence-corrected chi connectivity index (χ0v) is 15.0. The summed E-state index contributed by atoms with van der Waals surface area (Å²) in [7, 11) is -3.46. The molecule has 7 heteroatoms. The van der Waals surface area contributed by atoms with Crippen LogP contribution in [0.3, 0.4) is 0 Å². The Bertz CT molecular complexity index is 750. The molecule has 0 saturated heterocycles. The highest BCUT2D eigenvalue weighted by molar-refractivity contribution is 9.09. The van der Waals surface area contributed by atoms with Crippen LogP contribution in [0, 0.1) is 0 Å². The van der Waals surface area contributed by atoms with Crippen LogP contribution in [0.1, 0.15) is 17.2 Å². The van der Waals surface area contributed by atoms with Gasteiger partial charge in [0, 0.05) is 5.33 Å². The third-order valence-electron chi connectivity index (χ3n) is 3.07. The maximum absolute atomic E-state index is 11.5. The van der Waals surface area contributed by atoms with Crippen molar-refractivity contribution in [3.8, 4) is 5.75 Å². The molecular formula is C16H18BrNO4S. The van der Waals surface area contributed by atoms with Crippen LogP contribution in [0.25, 0.3) is 0 Å². The zero-order chi connectivity index (χ0) is 16.9. The van der Waals surface area contributed by atoms with Crippen molar-refractivity contribution < 1.29 is 18.3 Å². The van der Waals surface area contributed by atoms with Gasteiger partial charge in [0.05, 0.1) is 18.0 Å². The molecule has 23 heavy (non-hydrogen) atoms. The lowest BCUT2D eigenvalue weighted by Crippen LogP contribution is -2.12. The van der Waals surface area contributed by atoms with Crippen molar-refractivity contribution >= 4 is 31.6 Å². The number of aliphatic hydroxyl groups is 1. The van der Waals surface area contributed by atoms with E-state index in [4.69, 9.17) is 4.74 Å². The second-order valence-corrected chi connectivity index (χ2v) is 7.47. The van der Waals surface area contributed by atoms with Crippen LogP contribution in [-0.4, -0.2) is 25.1 Å². The van der Waals surface area contributed by atoms with E-state index in [9.17, 15) is 13.5 Å². The predicted molar refractivity (Wildman–Crippen MR) is 94.4 cm³/mol. The van der Waals surface area contributed by atoms with Crippen molar-refractivity contribution in [3.63, 3.8) is 0 Å². The first-order valence-corrected chi connectivity index (χ1v) is 9.93. The number of hydrogen-bond acceptors (Lipinski definition) is 4. The highest BCUT2D eigenvalue weighted by Gasteiger charge is 2.13. The van der Waals surface area contributed by atoms with Crippen molar-refractivity contribution in [3.05, 3.63) is 59.7 Å². The van der Waals surface area contributed by atoms with E-state index in [0.29, 0.717) is 28.9 Å². The molecule has 0 bridgehead atoms. The normalized spacial score (nSPS) is 12.7. The highest BCUT2D eigenvalue weighted by Crippen LogP contribution is 2.30. The molecule has 0 aromatic heterocycles. The molecular weight excluding hydrogens is 382 g/mol. The van der Waals surface area contributed by atoms with Crippen molar-refractivity contribution in [2.45, 2.75) is 12.7 Å². The fraction of sp³-hybridized carbons (Fsp3) is 0.250. The monoisotopic (exact) mass is 399 g/mol. The number of halogens is 1. The first-order valence-electron chi connectivity index (χ1n) is 6.91. The Morgan fingerprint density at radius 2 is 1.91 bits per heavy atom. The first kappa shape index (κ1) is 17.8. The number of sulfonamides is 1. The standard InChI is InChI=1S/C16H18BrNO4S/c1-23(20,21)18-14-9-13(15(19)10-17)7-8-16(14)22-11-12-5-3-2-4-6-12/h2-9,15,18-19H,10-11H2,1H3. The number of anilines is 1. The zero-order valence-electron chi connectivity index (χ0n) is 12.6. The van der Waals surface area contributed by atoms with Crippen LogP contribution in [0.5, 0.6) is 5.75 Å². The Labute approximate surface area is 144 Å². The van der Waals surface area contributed by atoms with Crippen molar-refractivity contribution in [1.82, 2.24) is 0 Å². The lowest BCUT2D eigenvalue weighted by molar-refractivity contribution is 0.205. The third-order valence-corrected chi connectivity index (χ3v) is 4.27. The van der Waals surface area contributed by atoms with Crippen molar-refractivity contribution in [2.75, 3.05) is 16.3 Å². The van der Waals surface area contributed by atoms with Gasteiger partial charge in [-0.05, 0) is 23.3 Å².